The van der Waals surface area contributed by atoms with Crippen molar-refractivity contribution in [3.05, 3.63) is 25.3 Å². The molecule has 0 aromatic rings. The molecular weight excluding hydrogens is 516 g/mol. The Bertz CT molecular complexity index is 727. The summed E-state index contributed by atoms with van der Waals surface area (Å²) in [4.78, 5) is 69.0. The highest BCUT2D eigenvalue weighted by Gasteiger charge is 2.17. The van der Waals surface area contributed by atoms with Gasteiger partial charge in [-0.1, -0.05) is 50.5 Å². The maximum atomic E-state index is 11.9. The van der Waals surface area contributed by atoms with Crippen LogP contribution in [0.2, 0.25) is 0 Å². The third-order valence-corrected chi connectivity index (χ3v) is 5.55. The SMILES string of the molecule is C=CC(=O)OCCNC(=O)SC(C)CC(=O)OCCOC(=O)CC(C)SC(=O)NCCOC(=O)C=C. The van der Waals surface area contributed by atoms with Crippen LogP contribution in [0.4, 0.5) is 9.59 Å². The van der Waals surface area contributed by atoms with E-state index in [0.717, 1.165) is 35.7 Å². The van der Waals surface area contributed by atoms with E-state index in [1.165, 1.54) is 0 Å². The summed E-state index contributed by atoms with van der Waals surface area (Å²) in [6.45, 7) is 9.83. The highest BCUT2D eigenvalue weighted by molar-refractivity contribution is 8.14. The zero-order valence-corrected chi connectivity index (χ0v) is 21.9. The smallest absolute Gasteiger partial charge is 0.330 e. The van der Waals surface area contributed by atoms with Gasteiger partial charge in [-0.15, -0.1) is 0 Å². The van der Waals surface area contributed by atoms with Crippen LogP contribution in [-0.4, -0.2) is 84.4 Å². The van der Waals surface area contributed by atoms with E-state index in [9.17, 15) is 28.8 Å². The quantitative estimate of drug-likeness (QED) is 0.118. The van der Waals surface area contributed by atoms with Gasteiger partial charge in [0.05, 0.1) is 25.9 Å². The molecule has 0 aliphatic heterocycles. The van der Waals surface area contributed by atoms with Crippen molar-refractivity contribution in [1.29, 1.82) is 0 Å². The second kappa shape index (κ2) is 20.2. The fourth-order valence-electron chi connectivity index (χ4n) is 2.16. The van der Waals surface area contributed by atoms with E-state index in [4.69, 9.17) is 18.9 Å². The Kier molecular flexibility index (Phi) is 18.5. The molecule has 0 fully saturated rings. The van der Waals surface area contributed by atoms with Gasteiger partial charge in [-0.05, 0) is 0 Å². The Hall–Kier alpha value is -3.00. The van der Waals surface area contributed by atoms with Crippen LogP contribution in [-0.2, 0) is 38.1 Å². The lowest BCUT2D eigenvalue weighted by molar-refractivity contribution is -0.152. The van der Waals surface area contributed by atoms with Crippen molar-refractivity contribution in [1.82, 2.24) is 10.6 Å². The van der Waals surface area contributed by atoms with Gasteiger partial charge in [-0.3, -0.25) is 19.2 Å². The summed E-state index contributed by atoms with van der Waals surface area (Å²) in [6, 6.07) is 0. The molecule has 0 saturated carbocycles. The highest BCUT2D eigenvalue weighted by atomic mass is 32.2. The lowest BCUT2D eigenvalue weighted by atomic mass is 10.3. The molecule has 2 atom stereocenters. The minimum Gasteiger partial charge on any atom is -0.462 e. The van der Waals surface area contributed by atoms with Gasteiger partial charge in [-0.2, -0.15) is 0 Å². The summed E-state index contributed by atoms with van der Waals surface area (Å²) in [5.74, 6) is -2.29. The third kappa shape index (κ3) is 19.3. The van der Waals surface area contributed by atoms with E-state index in [1.807, 2.05) is 0 Å². The minimum absolute atomic E-state index is 0.00593. The number of hydrogen-bond donors (Lipinski definition) is 2. The van der Waals surface area contributed by atoms with Gasteiger partial charge in [0.1, 0.15) is 26.4 Å². The van der Waals surface area contributed by atoms with Gasteiger partial charge in [0.25, 0.3) is 10.5 Å². The fourth-order valence-corrected chi connectivity index (χ4v) is 3.70. The Balaban J connectivity index is 3.89. The number of thioether (sulfide) groups is 2. The van der Waals surface area contributed by atoms with Gasteiger partial charge in [0, 0.05) is 22.7 Å². The molecule has 2 amide bonds. The average molecular weight is 549 g/mol. The molecule has 0 rings (SSSR count). The highest BCUT2D eigenvalue weighted by Crippen LogP contribution is 2.16. The third-order valence-electron chi connectivity index (χ3n) is 3.70. The first-order chi connectivity index (χ1) is 17.1. The van der Waals surface area contributed by atoms with Crippen LogP contribution in [0.15, 0.2) is 25.3 Å². The average Bonchev–Trinajstić information content (AvgIpc) is 2.81. The molecule has 14 heteroatoms. The van der Waals surface area contributed by atoms with Crippen molar-refractivity contribution in [3.8, 4) is 0 Å². The molecular formula is C22H32N2O10S2. The molecule has 0 aromatic heterocycles. The normalized spacial score (nSPS) is 11.7. The molecule has 0 bridgehead atoms. The lowest BCUT2D eigenvalue weighted by Gasteiger charge is -2.12. The van der Waals surface area contributed by atoms with Gasteiger partial charge in [-0.25, -0.2) is 9.59 Å². The predicted octanol–water partition coefficient (Wildman–Crippen LogP) is 1.97. The van der Waals surface area contributed by atoms with Gasteiger partial charge in [0.15, 0.2) is 0 Å². The molecule has 0 heterocycles. The number of rotatable bonds is 17. The van der Waals surface area contributed by atoms with Crippen molar-refractivity contribution in [2.24, 2.45) is 0 Å². The summed E-state index contributed by atoms with van der Waals surface area (Å²) in [6.07, 6.45) is 1.97. The van der Waals surface area contributed by atoms with E-state index in [-0.39, 0.29) is 73.3 Å². The Morgan fingerprint density at radius 2 is 1.03 bits per heavy atom. The van der Waals surface area contributed by atoms with Crippen LogP contribution in [0.25, 0.3) is 0 Å². The molecule has 0 aliphatic rings. The number of amides is 2. The van der Waals surface area contributed by atoms with Gasteiger partial charge >= 0.3 is 23.9 Å². The van der Waals surface area contributed by atoms with E-state index < -0.39 is 23.9 Å². The summed E-state index contributed by atoms with van der Waals surface area (Å²) >= 11 is 1.80. The van der Waals surface area contributed by atoms with E-state index in [1.54, 1.807) is 13.8 Å². The molecule has 0 aromatic carbocycles. The first-order valence-electron chi connectivity index (χ1n) is 10.9. The largest absolute Gasteiger partial charge is 0.462 e. The van der Waals surface area contributed by atoms with Crippen molar-refractivity contribution in [2.45, 2.75) is 37.2 Å². The summed E-state index contributed by atoms with van der Waals surface area (Å²) in [5, 5.41) is 3.57. The molecule has 0 saturated heterocycles. The van der Waals surface area contributed by atoms with Gasteiger partial charge < -0.3 is 29.6 Å². The van der Waals surface area contributed by atoms with E-state index in [2.05, 4.69) is 23.8 Å². The monoisotopic (exact) mass is 548 g/mol. The van der Waals surface area contributed by atoms with Crippen LogP contribution in [0, 0.1) is 0 Å². The Morgan fingerprint density at radius 1 is 0.667 bits per heavy atom. The molecule has 0 aliphatic carbocycles. The number of ether oxygens (including phenoxy) is 4. The standard InChI is InChI=1S/C22H32N2O10S2/c1-5-17(25)31-9-7-23-21(29)35-15(3)13-19(27)33-11-12-34-20(28)14-16(4)36-22(30)24-8-10-32-18(26)6-2/h5-6,15-16H,1-2,7-14H2,3-4H3,(H,23,29)(H,24,30). The lowest BCUT2D eigenvalue weighted by Crippen LogP contribution is -2.26. The van der Waals surface area contributed by atoms with Crippen molar-refractivity contribution >= 4 is 57.9 Å². The number of esters is 4. The number of nitrogens with one attached hydrogen (secondary N) is 2. The number of hydrogen-bond acceptors (Lipinski definition) is 12. The van der Waals surface area contributed by atoms with Crippen LogP contribution < -0.4 is 10.6 Å². The summed E-state index contributed by atoms with van der Waals surface area (Å²) in [7, 11) is 0. The van der Waals surface area contributed by atoms with Crippen LogP contribution in [0.5, 0.6) is 0 Å². The zero-order valence-electron chi connectivity index (χ0n) is 20.3. The van der Waals surface area contributed by atoms with Crippen LogP contribution in [0.1, 0.15) is 26.7 Å². The first-order valence-corrected chi connectivity index (χ1v) is 12.6. The van der Waals surface area contributed by atoms with Crippen LogP contribution >= 0.6 is 23.5 Å². The molecule has 0 radical (unpaired) electrons. The maximum absolute atomic E-state index is 11.9. The molecule has 36 heavy (non-hydrogen) atoms. The second-order valence-electron chi connectivity index (χ2n) is 6.88. The molecule has 12 nitrogen and oxygen atoms in total. The fraction of sp³-hybridized carbons (Fsp3) is 0.545. The van der Waals surface area contributed by atoms with E-state index in [0.29, 0.717) is 0 Å². The maximum Gasteiger partial charge on any atom is 0.330 e. The molecule has 202 valence electrons. The summed E-state index contributed by atoms with van der Waals surface area (Å²) in [5.41, 5.74) is 0. The van der Waals surface area contributed by atoms with Gasteiger partial charge in [0.2, 0.25) is 0 Å². The zero-order chi connectivity index (χ0) is 27.3. The number of carbonyl (C=O) groups excluding carboxylic acids is 6. The van der Waals surface area contributed by atoms with E-state index >= 15 is 0 Å². The first kappa shape index (κ1) is 33.0. The van der Waals surface area contributed by atoms with Crippen LogP contribution in [0.3, 0.4) is 0 Å². The molecule has 2 N–H and O–H groups in total. The topological polar surface area (TPSA) is 163 Å². The van der Waals surface area contributed by atoms with Crippen molar-refractivity contribution in [3.63, 3.8) is 0 Å². The molecule has 2 unspecified atom stereocenters. The summed E-state index contributed by atoms with van der Waals surface area (Å²) < 4.78 is 19.4. The Labute approximate surface area is 218 Å². The van der Waals surface area contributed by atoms with Crippen molar-refractivity contribution in [2.75, 3.05) is 39.5 Å². The minimum atomic E-state index is -0.586. The Morgan fingerprint density at radius 3 is 1.36 bits per heavy atom. The second-order valence-corrected chi connectivity index (χ2v) is 9.70. The number of carbonyl (C=O) groups is 6. The van der Waals surface area contributed by atoms with Crippen molar-refractivity contribution < 1.29 is 47.7 Å². The molecule has 0 spiro atoms. The predicted molar refractivity (Wildman–Crippen MR) is 134 cm³/mol.